The summed E-state index contributed by atoms with van der Waals surface area (Å²) in [7, 11) is 4.64. The van der Waals surface area contributed by atoms with Crippen molar-refractivity contribution in [3.8, 4) is 17.2 Å². The van der Waals surface area contributed by atoms with E-state index >= 15 is 0 Å². The third kappa shape index (κ3) is 6.95. The van der Waals surface area contributed by atoms with E-state index in [1.165, 1.54) is 20.3 Å². The molecule has 0 saturated carbocycles. The van der Waals surface area contributed by atoms with Gasteiger partial charge < -0.3 is 18.4 Å². The van der Waals surface area contributed by atoms with Crippen LogP contribution in [0.4, 0.5) is 0 Å². The molecule has 25 heavy (non-hydrogen) atoms. The Kier molecular flexibility index (Phi) is 9.28. The molecule has 0 aromatic heterocycles. The summed E-state index contributed by atoms with van der Waals surface area (Å²) in [6.07, 6.45) is 3.06. The van der Waals surface area contributed by atoms with Crippen molar-refractivity contribution in [2.75, 3.05) is 27.4 Å². The minimum Gasteiger partial charge on any atom is -0.493 e. The van der Waals surface area contributed by atoms with Crippen LogP contribution in [0.1, 0.15) is 17.5 Å². The number of hydrogen-bond acceptors (Lipinski definition) is 5. The van der Waals surface area contributed by atoms with E-state index < -0.39 is 0 Å². The van der Waals surface area contributed by atoms with Crippen LogP contribution in [-0.4, -0.2) is 27.4 Å². The monoisotopic (exact) mass is 474 g/mol. The minimum atomic E-state index is 0.561. The number of ether oxygens (including phenoxy) is 3. The summed E-state index contributed by atoms with van der Waals surface area (Å²) in [5.41, 5.74) is 2.53. The maximum Gasteiger partial charge on any atom is 0.160 e. The van der Waals surface area contributed by atoms with Gasteiger partial charge in [-0.25, -0.2) is 0 Å². The van der Waals surface area contributed by atoms with Gasteiger partial charge in [0.1, 0.15) is 12.4 Å². The van der Waals surface area contributed by atoms with Gasteiger partial charge in [0.25, 0.3) is 0 Å². The minimum absolute atomic E-state index is 0.561. The first-order valence-electron chi connectivity index (χ1n) is 8.09. The Morgan fingerprint density at radius 2 is 1.64 bits per heavy atom. The zero-order chi connectivity index (χ0) is 17.9. The third-order valence-corrected chi connectivity index (χ3v) is 4.78. The molecule has 4 nitrogen and oxygen atoms in total. The third-order valence-electron chi connectivity index (χ3n) is 3.76. The standard InChI is InChI=1S/C19H23IO4S/c1-21-18-10-9-16(14-19(18)22-2)6-3-5-15-7-4-8-17(13-15)23-11-12-24-25-20/h4,7-10,13-14H,3,5-6,11-12H2,1-2H3. The number of rotatable bonds is 11. The van der Waals surface area contributed by atoms with E-state index in [0.717, 1.165) is 36.5 Å². The van der Waals surface area contributed by atoms with Crippen LogP contribution in [0.25, 0.3) is 0 Å². The molecule has 0 radical (unpaired) electrons. The second kappa shape index (κ2) is 11.5. The van der Waals surface area contributed by atoms with Gasteiger partial charge in [0.2, 0.25) is 0 Å². The van der Waals surface area contributed by atoms with E-state index in [9.17, 15) is 0 Å². The summed E-state index contributed by atoms with van der Waals surface area (Å²) in [5, 5.41) is 0. The summed E-state index contributed by atoms with van der Waals surface area (Å²) in [6, 6.07) is 14.3. The Morgan fingerprint density at radius 3 is 2.36 bits per heavy atom. The van der Waals surface area contributed by atoms with Gasteiger partial charge in [-0.15, -0.1) is 0 Å². The zero-order valence-electron chi connectivity index (χ0n) is 14.5. The average Bonchev–Trinajstić information content (AvgIpc) is 2.65. The molecule has 0 aliphatic rings. The lowest BCUT2D eigenvalue weighted by molar-refractivity contribution is 0.241. The first-order chi connectivity index (χ1) is 12.3. The molecule has 2 rings (SSSR count). The number of methoxy groups -OCH3 is 2. The van der Waals surface area contributed by atoms with Crippen LogP contribution in [0.15, 0.2) is 42.5 Å². The van der Waals surface area contributed by atoms with E-state index in [2.05, 4.69) is 39.4 Å². The molecule has 0 aliphatic heterocycles. The van der Waals surface area contributed by atoms with Crippen LogP contribution in [0.3, 0.4) is 0 Å². The summed E-state index contributed by atoms with van der Waals surface area (Å²) in [5.74, 6) is 2.44. The normalized spacial score (nSPS) is 10.5. The average molecular weight is 474 g/mol. The molecular formula is C19H23IO4S. The molecule has 6 heteroatoms. The van der Waals surface area contributed by atoms with E-state index in [-0.39, 0.29) is 0 Å². The molecule has 0 aliphatic carbocycles. The quantitative estimate of drug-likeness (QED) is 0.252. The fourth-order valence-electron chi connectivity index (χ4n) is 2.55. The van der Waals surface area contributed by atoms with Crippen LogP contribution in [0, 0.1) is 0 Å². The van der Waals surface area contributed by atoms with Crippen LogP contribution >= 0.6 is 30.4 Å². The predicted molar refractivity (Wildman–Crippen MR) is 111 cm³/mol. The van der Waals surface area contributed by atoms with Gasteiger partial charge in [-0.3, -0.25) is 0 Å². The number of aryl methyl sites for hydroxylation is 2. The van der Waals surface area contributed by atoms with Gasteiger partial charge in [0.15, 0.2) is 11.5 Å². The highest BCUT2D eigenvalue weighted by molar-refractivity contribution is 14.2. The first-order valence-corrected chi connectivity index (χ1v) is 11.4. The van der Waals surface area contributed by atoms with Gasteiger partial charge in [-0.05, 0) is 54.7 Å². The van der Waals surface area contributed by atoms with Crippen molar-refractivity contribution in [1.82, 2.24) is 0 Å². The Balaban J connectivity index is 1.83. The summed E-state index contributed by atoms with van der Waals surface area (Å²) in [4.78, 5) is 0. The Labute approximate surface area is 166 Å². The lowest BCUT2D eigenvalue weighted by Crippen LogP contribution is -2.03. The molecule has 0 atom stereocenters. The molecule has 136 valence electrons. The topological polar surface area (TPSA) is 36.9 Å². The smallest absolute Gasteiger partial charge is 0.160 e. The van der Waals surface area contributed by atoms with Gasteiger partial charge >= 0.3 is 0 Å². The van der Waals surface area contributed by atoms with E-state index in [1.54, 1.807) is 14.2 Å². The second-order valence-corrected chi connectivity index (χ2v) is 6.86. The van der Waals surface area contributed by atoms with E-state index in [4.69, 9.17) is 18.4 Å². The van der Waals surface area contributed by atoms with Crippen LogP contribution < -0.4 is 14.2 Å². The number of benzene rings is 2. The molecule has 0 fully saturated rings. The largest absolute Gasteiger partial charge is 0.493 e. The van der Waals surface area contributed by atoms with Crippen molar-refractivity contribution in [1.29, 1.82) is 0 Å². The molecule has 0 amide bonds. The molecule has 2 aromatic carbocycles. The van der Waals surface area contributed by atoms with Crippen LogP contribution in [-0.2, 0) is 17.0 Å². The first kappa shape index (κ1) is 20.2. The SMILES string of the molecule is COc1ccc(CCCc2cccc(OCCOSI)c2)cc1OC. The fraction of sp³-hybridized carbons (Fsp3) is 0.368. The number of halogens is 1. The van der Waals surface area contributed by atoms with Crippen LogP contribution in [0.2, 0.25) is 0 Å². The lowest BCUT2D eigenvalue weighted by atomic mass is 10.0. The summed E-state index contributed by atoms with van der Waals surface area (Å²) < 4.78 is 21.5. The lowest BCUT2D eigenvalue weighted by Gasteiger charge is -2.10. The van der Waals surface area contributed by atoms with Crippen molar-refractivity contribution in [3.05, 3.63) is 53.6 Å². The van der Waals surface area contributed by atoms with E-state index in [0.29, 0.717) is 13.2 Å². The van der Waals surface area contributed by atoms with Crippen molar-refractivity contribution in [3.63, 3.8) is 0 Å². The van der Waals surface area contributed by atoms with Gasteiger partial charge in [-0.2, -0.15) is 0 Å². The Morgan fingerprint density at radius 1 is 0.880 bits per heavy atom. The molecular weight excluding hydrogens is 451 g/mol. The zero-order valence-corrected chi connectivity index (χ0v) is 17.5. The molecule has 0 saturated heterocycles. The maximum absolute atomic E-state index is 5.70. The molecule has 2 aromatic rings. The molecule has 0 heterocycles. The van der Waals surface area contributed by atoms with Gasteiger partial charge in [-0.1, -0.05) is 18.2 Å². The molecule has 0 N–H and O–H groups in total. The van der Waals surface area contributed by atoms with Crippen molar-refractivity contribution >= 4 is 30.4 Å². The second-order valence-electron chi connectivity index (χ2n) is 5.42. The predicted octanol–water partition coefficient (Wildman–Crippen LogP) is 5.27. The van der Waals surface area contributed by atoms with Crippen molar-refractivity contribution < 1.29 is 18.4 Å². The van der Waals surface area contributed by atoms with Crippen molar-refractivity contribution in [2.45, 2.75) is 19.3 Å². The summed E-state index contributed by atoms with van der Waals surface area (Å²) >= 11 is 2.10. The maximum atomic E-state index is 5.70. The van der Waals surface area contributed by atoms with Crippen molar-refractivity contribution in [2.24, 2.45) is 0 Å². The Hall–Kier alpha value is -1.12. The molecule has 0 bridgehead atoms. The van der Waals surface area contributed by atoms with Gasteiger partial charge in [0, 0.05) is 21.2 Å². The highest BCUT2D eigenvalue weighted by Crippen LogP contribution is 2.28. The number of hydrogen-bond donors (Lipinski definition) is 0. The summed E-state index contributed by atoms with van der Waals surface area (Å²) in [6.45, 7) is 1.14. The fourth-order valence-corrected chi connectivity index (χ4v) is 3.22. The molecule has 0 spiro atoms. The van der Waals surface area contributed by atoms with Gasteiger partial charge in [0.05, 0.1) is 30.0 Å². The highest BCUT2D eigenvalue weighted by Gasteiger charge is 2.05. The Bertz CT molecular complexity index is 651. The molecule has 0 unspecified atom stereocenters. The van der Waals surface area contributed by atoms with E-state index in [1.807, 2.05) is 24.3 Å². The van der Waals surface area contributed by atoms with Crippen LogP contribution in [0.5, 0.6) is 17.2 Å². The highest BCUT2D eigenvalue weighted by atomic mass is 127.